The molecule has 1 rings (SSSR count). The molecule has 0 radical (unpaired) electrons. The molecule has 0 saturated heterocycles. The third-order valence-corrected chi connectivity index (χ3v) is 6.70. The van der Waals surface area contributed by atoms with E-state index in [2.05, 4.69) is 51.1 Å². The Kier molecular flexibility index (Phi) is 15.4. The highest BCUT2D eigenvalue weighted by Crippen LogP contribution is 2.24. The quantitative estimate of drug-likeness (QED) is 0.164. The molecule has 0 unspecified atom stereocenters. The van der Waals surface area contributed by atoms with Gasteiger partial charge in [0.05, 0.1) is 19.6 Å². The summed E-state index contributed by atoms with van der Waals surface area (Å²) in [5, 5.41) is 0. The first-order valence-electron chi connectivity index (χ1n) is 12.7. The van der Waals surface area contributed by atoms with E-state index in [0.717, 1.165) is 4.48 Å². The van der Waals surface area contributed by atoms with Gasteiger partial charge in [0.25, 0.3) is 0 Å². The molecule has 0 fully saturated rings. The van der Waals surface area contributed by atoms with Crippen molar-refractivity contribution in [3.8, 4) is 0 Å². The molecule has 0 amide bonds. The van der Waals surface area contributed by atoms with Crippen molar-refractivity contribution >= 4 is 5.69 Å². The SMILES string of the molecule is CCCCCCCCCCCCCCCCC[N+](CC)(CC)c1ccccc1. The predicted octanol–water partition coefficient (Wildman–Crippen LogP) is 8.91. The Morgan fingerprint density at radius 2 is 0.893 bits per heavy atom. The number of unbranched alkanes of at least 4 members (excludes halogenated alkanes) is 14. The molecule has 1 aromatic carbocycles. The van der Waals surface area contributed by atoms with Crippen molar-refractivity contribution in [3.63, 3.8) is 0 Å². The van der Waals surface area contributed by atoms with Crippen LogP contribution in [0.2, 0.25) is 0 Å². The van der Waals surface area contributed by atoms with Crippen LogP contribution in [-0.2, 0) is 0 Å². The van der Waals surface area contributed by atoms with E-state index in [-0.39, 0.29) is 0 Å². The standard InChI is InChI=1S/C27H50N/c1-4-7-8-9-10-11-12-13-14-15-16-17-18-19-23-26-28(5-2,6-3)27-24-21-20-22-25-27/h20-22,24-25H,4-19,23,26H2,1-3H3/q+1. The molecule has 0 bridgehead atoms. The predicted molar refractivity (Wildman–Crippen MR) is 129 cm³/mol. The fourth-order valence-electron chi connectivity index (χ4n) is 4.56. The lowest BCUT2D eigenvalue weighted by molar-refractivity contribution is 0.291. The molecule has 1 nitrogen and oxygen atoms in total. The number of rotatable bonds is 19. The van der Waals surface area contributed by atoms with Gasteiger partial charge >= 0.3 is 0 Å². The van der Waals surface area contributed by atoms with Gasteiger partial charge in [0.15, 0.2) is 0 Å². The normalized spacial score (nSPS) is 11.8. The van der Waals surface area contributed by atoms with Gasteiger partial charge in [-0.25, -0.2) is 0 Å². The molecular formula is C27H50N+. The summed E-state index contributed by atoms with van der Waals surface area (Å²) in [5.41, 5.74) is 1.50. The van der Waals surface area contributed by atoms with Crippen LogP contribution in [0.3, 0.4) is 0 Å². The molecule has 0 saturated carbocycles. The maximum absolute atomic E-state index is 2.35. The second-order valence-corrected chi connectivity index (χ2v) is 8.79. The zero-order chi connectivity index (χ0) is 20.3. The highest BCUT2D eigenvalue weighted by atomic mass is 15.3. The maximum atomic E-state index is 2.35. The van der Waals surface area contributed by atoms with Gasteiger partial charge in [-0.1, -0.05) is 109 Å². The third-order valence-electron chi connectivity index (χ3n) is 6.70. The molecule has 0 aliphatic heterocycles. The van der Waals surface area contributed by atoms with Crippen LogP contribution in [0, 0.1) is 0 Å². The first kappa shape index (κ1) is 25.2. The van der Waals surface area contributed by atoms with Crippen molar-refractivity contribution in [2.75, 3.05) is 19.6 Å². The van der Waals surface area contributed by atoms with Crippen LogP contribution >= 0.6 is 0 Å². The first-order valence-corrected chi connectivity index (χ1v) is 12.7. The highest BCUT2D eigenvalue weighted by molar-refractivity contribution is 5.42. The summed E-state index contributed by atoms with van der Waals surface area (Å²) in [4.78, 5) is 0. The summed E-state index contributed by atoms with van der Waals surface area (Å²) in [6.07, 6.45) is 21.6. The fourth-order valence-corrected chi connectivity index (χ4v) is 4.56. The second-order valence-electron chi connectivity index (χ2n) is 8.79. The van der Waals surface area contributed by atoms with E-state index >= 15 is 0 Å². The average Bonchev–Trinajstić information content (AvgIpc) is 2.74. The summed E-state index contributed by atoms with van der Waals surface area (Å²) in [6.45, 7) is 10.7. The van der Waals surface area contributed by atoms with Gasteiger partial charge in [0, 0.05) is 0 Å². The van der Waals surface area contributed by atoms with Crippen LogP contribution in [-0.4, -0.2) is 19.6 Å². The van der Waals surface area contributed by atoms with E-state index in [9.17, 15) is 0 Å². The molecule has 0 N–H and O–H groups in total. The molecule has 0 spiro atoms. The van der Waals surface area contributed by atoms with Gasteiger partial charge in [0.1, 0.15) is 5.69 Å². The third kappa shape index (κ3) is 10.6. The summed E-state index contributed by atoms with van der Waals surface area (Å²) in [5.74, 6) is 0. The van der Waals surface area contributed by atoms with Crippen LogP contribution in [0.1, 0.15) is 117 Å². The molecule has 28 heavy (non-hydrogen) atoms. The topological polar surface area (TPSA) is 0 Å². The summed E-state index contributed by atoms with van der Waals surface area (Å²) in [6, 6.07) is 11.2. The van der Waals surface area contributed by atoms with Gasteiger partial charge in [-0.3, -0.25) is 4.48 Å². The minimum atomic E-state index is 1.15. The van der Waals surface area contributed by atoms with Gasteiger partial charge in [-0.2, -0.15) is 0 Å². The van der Waals surface area contributed by atoms with E-state index in [1.54, 1.807) is 0 Å². The zero-order valence-corrected chi connectivity index (χ0v) is 19.6. The Labute approximate surface area is 177 Å². The zero-order valence-electron chi connectivity index (χ0n) is 19.6. The fraction of sp³-hybridized carbons (Fsp3) is 0.778. The molecule has 1 aromatic rings. The van der Waals surface area contributed by atoms with Crippen LogP contribution < -0.4 is 4.48 Å². The Morgan fingerprint density at radius 3 is 1.29 bits per heavy atom. The Hall–Kier alpha value is -0.820. The lowest BCUT2D eigenvalue weighted by Gasteiger charge is -2.36. The van der Waals surface area contributed by atoms with Gasteiger partial charge in [-0.15, -0.1) is 0 Å². The minimum absolute atomic E-state index is 1.15. The molecule has 0 aliphatic carbocycles. The molecule has 162 valence electrons. The van der Waals surface area contributed by atoms with Crippen LogP contribution in [0.15, 0.2) is 30.3 Å². The largest absolute Gasteiger partial charge is 0.292 e. The highest BCUT2D eigenvalue weighted by Gasteiger charge is 2.25. The van der Waals surface area contributed by atoms with Crippen molar-refractivity contribution in [2.24, 2.45) is 0 Å². The van der Waals surface area contributed by atoms with Crippen LogP contribution in [0.25, 0.3) is 0 Å². The molecular weight excluding hydrogens is 338 g/mol. The van der Waals surface area contributed by atoms with Gasteiger partial charge in [-0.05, 0) is 38.8 Å². The van der Waals surface area contributed by atoms with Crippen LogP contribution in [0.4, 0.5) is 5.69 Å². The first-order chi connectivity index (χ1) is 13.8. The van der Waals surface area contributed by atoms with Crippen LogP contribution in [0.5, 0.6) is 0 Å². The Morgan fingerprint density at radius 1 is 0.500 bits per heavy atom. The van der Waals surface area contributed by atoms with Crippen molar-refractivity contribution in [3.05, 3.63) is 30.3 Å². The number of hydrogen-bond donors (Lipinski definition) is 0. The lowest BCUT2D eigenvalue weighted by Crippen LogP contribution is -2.49. The average molecular weight is 389 g/mol. The summed E-state index contributed by atoms with van der Waals surface area (Å²) in [7, 11) is 0. The number of hydrogen-bond acceptors (Lipinski definition) is 0. The lowest BCUT2D eigenvalue weighted by atomic mass is 10.0. The monoisotopic (exact) mass is 388 g/mol. The second kappa shape index (κ2) is 17.1. The van der Waals surface area contributed by atoms with Crippen molar-refractivity contribution < 1.29 is 0 Å². The van der Waals surface area contributed by atoms with E-state index in [1.807, 2.05) is 0 Å². The van der Waals surface area contributed by atoms with E-state index in [0.29, 0.717) is 0 Å². The maximum Gasteiger partial charge on any atom is 0.132 e. The number of benzene rings is 1. The van der Waals surface area contributed by atoms with Crippen molar-refractivity contribution in [1.29, 1.82) is 0 Å². The minimum Gasteiger partial charge on any atom is -0.292 e. The molecule has 0 heterocycles. The Bertz CT molecular complexity index is 435. The number of quaternary nitrogens is 1. The molecule has 0 aliphatic rings. The molecule has 0 atom stereocenters. The number of nitrogens with zero attached hydrogens (tertiary/aromatic N) is 1. The molecule has 1 heteroatoms. The van der Waals surface area contributed by atoms with Gasteiger partial charge in [0.2, 0.25) is 0 Å². The van der Waals surface area contributed by atoms with Crippen molar-refractivity contribution in [2.45, 2.75) is 117 Å². The smallest absolute Gasteiger partial charge is 0.132 e. The van der Waals surface area contributed by atoms with Crippen molar-refractivity contribution in [1.82, 2.24) is 4.48 Å². The summed E-state index contributed by atoms with van der Waals surface area (Å²) < 4.78 is 1.15. The Balaban J connectivity index is 1.98. The van der Waals surface area contributed by atoms with E-state index in [1.165, 1.54) is 122 Å². The number of para-hydroxylation sites is 1. The van der Waals surface area contributed by atoms with E-state index < -0.39 is 0 Å². The molecule has 0 aromatic heterocycles. The van der Waals surface area contributed by atoms with Gasteiger partial charge < -0.3 is 0 Å². The summed E-state index contributed by atoms with van der Waals surface area (Å²) >= 11 is 0. The van der Waals surface area contributed by atoms with E-state index in [4.69, 9.17) is 0 Å².